The van der Waals surface area contributed by atoms with Gasteiger partial charge in [0.1, 0.15) is 5.75 Å². The minimum atomic E-state index is -3.41. The molecule has 2 N–H and O–H groups in total. The summed E-state index contributed by atoms with van der Waals surface area (Å²) in [6, 6.07) is 10.3. The van der Waals surface area contributed by atoms with Gasteiger partial charge < -0.3 is 10.1 Å². The van der Waals surface area contributed by atoms with Gasteiger partial charge in [-0.25, -0.2) is 8.42 Å². The van der Waals surface area contributed by atoms with Crippen molar-refractivity contribution in [3.05, 3.63) is 52.5 Å². The number of rotatable bonds is 8. The molecule has 0 aliphatic rings. The molecular weight excluding hydrogens is 388 g/mol. The van der Waals surface area contributed by atoms with Crippen molar-refractivity contribution < 1.29 is 17.9 Å². The maximum Gasteiger partial charge on any atom is 0.262 e. The molecule has 0 aromatic heterocycles. The number of nitrogens with one attached hydrogen (secondary N) is 2. The van der Waals surface area contributed by atoms with Gasteiger partial charge in [-0.15, -0.1) is 0 Å². The Morgan fingerprint density at radius 2 is 1.74 bits per heavy atom. The van der Waals surface area contributed by atoms with Crippen LogP contribution in [0.5, 0.6) is 5.75 Å². The number of sulfonamides is 1. The van der Waals surface area contributed by atoms with Crippen LogP contribution in [0.15, 0.2) is 36.4 Å². The summed E-state index contributed by atoms with van der Waals surface area (Å²) in [5.74, 6) is 0.219. The van der Waals surface area contributed by atoms with Gasteiger partial charge in [0.25, 0.3) is 5.91 Å². The van der Waals surface area contributed by atoms with E-state index < -0.39 is 10.0 Å². The molecule has 0 bridgehead atoms. The van der Waals surface area contributed by atoms with E-state index in [1.165, 1.54) is 0 Å². The maximum atomic E-state index is 12.2. The molecule has 6 nitrogen and oxygen atoms in total. The van der Waals surface area contributed by atoms with Gasteiger partial charge in [0, 0.05) is 16.3 Å². The first kappa shape index (κ1) is 21.1. The van der Waals surface area contributed by atoms with E-state index in [-0.39, 0.29) is 18.3 Å². The van der Waals surface area contributed by atoms with Gasteiger partial charge in [-0.3, -0.25) is 9.52 Å². The molecule has 2 rings (SSSR count). The smallest absolute Gasteiger partial charge is 0.262 e. The summed E-state index contributed by atoms with van der Waals surface area (Å²) in [4.78, 5) is 12.2. The van der Waals surface area contributed by atoms with Crippen molar-refractivity contribution >= 4 is 38.9 Å². The third-order valence-electron chi connectivity index (χ3n) is 3.92. The Balaban J connectivity index is 2.05. The van der Waals surface area contributed by atoms with Crippen LogP contribution in [0.25, 0.3) is 0 Å². The first-order valence-electron chi connectivity index (χ1n) is 8.51. The van der Waals surface area contributed by atoms with Gasteiger partial charge in [0.05, 0.1) is 11.4 Å². The number of carbonyl (C=O) groups is 1. The van der Waals surface area contributed by atoms with Crippen molar-refractivity contribution in [3.63, 3.8) is 0 Å². The van der Waals surface area contributed by atoms with E-state index in [2.05, 4.69) is 10.0 Å². The number of hydrogen-bond donors (Lipinski definition) is 2. The van der Waals surface area contributed by atoms with Crippen LogP contribution >= 0.6 is 11.6 Å². The van der Waals surface area contributed by atoms with Gasteiger partial charge in [0.2, 0.25) is 10.0 Å². The molecule has 146 valence electrons. The molecule has 0 unspecified atom stereocenters. The molecule has 0 spiro atoms. The zero-order valence-corrected chi connectivity index (χ0v) is 17.1. The molecule has 0 aliphatic carbocycles. The third kappa shape index (κ3) is 5.87. The number of carbonyl (C=O) groups excluding carboxylic acids is 1. The first-order chi connectivity index (χ1) is 12.7. The van der Waals surface area contributed by atoms with Gasteiger partial charge >= 0.3 is 0 Å². The predicted molar refractivity (Wildman–Crippen MR) is 109 cm³/mol. The topological polar surface area (TPSA) is 84.5 Å². The van der Waals surface area contributed by atoms with E-state index in [1.807, 2.05) is 6.92 Å². The van der Waals surface area contributed by atoms with Crippen molar-refractivity contribution in [2.45, 2.75) is 27.2 Å². The molecule has 8 heteroatoms. The SMILES string of the molecule is CCCS(=O)(=O)Nc1cccc(NC(=O)COc2cccc(Cl)c2C)c1C. The average molecular weight is 411 g/mol. The molecule has 0 heterocycles. The number of amides is 1. The van der Waals surface area contributed by atoms with Crippen LogP contribution in [0.2, 0.25) is 5.02 Å². The van der Waals surface area contributed by atoms with Crippen LogP contribution < -0.4 is 14.8 Å². The van der Waals surface area contributed by atoms with Gasteiger partial charge in [0.15, 0.2) is 6.61 Å². The second-order valence-corrected chi connectivity index (χ2v) is 8.35. The van der Waals surface area contributed by atoms with Gasteiger partial charge in [-0.05, 0) is 50.1 Å². The Morgan fingerprint density at radius 3 is 2.44 bits per heavy atom. The highest BCUT2D eigenvalue weighted by molar-refractivity contribution is 7.92. The predicted octanol–water partition coefficient (Wildman–Crippen LogP) is 4.13. The summed E-state index contributed by atoms with van der Waals surface area (Å²) >= 11 is 6.04. The highest BCUT2D eigenvalue weighted by Gasteiger charge is 2.14. The van der Waals surface area contributed by atoms with E-state index in [0.29, 0.717) is 34.1 Å². The van der Waals surface area contributed by atoms with Crippen molar-refractivity contribution in [2.24, 2.45) is 0 Å². The monoisotopic (exact) mass is 410 g/mol. The molecule has 0 saturated heterocycles. The van der Waals surface area contributed by atoms with Crippen molar-refractivity contribution in [1.82, 2.24) is 0 Å². The fourth-order valence-electron chi connectivity index (χ4n) is 2.44. The lowest BCUT2D eigenvalue weighted by Crippen LogP contribution is -2.21. The quantitative estimate of drug-likeness (QED) is 0.685. The van der Waals surface area contributed by atoms with Crippen LogP contribution in [0.1, 0.15) is 24.5 Å². The van der Waals surface area contributed by atoms with Crippen LogP contribution in [0.4, 0.5) is 11.4 Å². The number of halogens is 1. The first-order valence-corrected chi connectivity index (χ1v) is 10.5. The van der Waals surface area contributed by atoms with Gasteiger partial charge in [-0.1, -0.05) is 30.7 Å². The van der Waals surface area contributed by atoms with Gasteiger partial charge in [-0.2, -0.15) is 0 Å². The summed E-state index contributed by atoms with van der Waals surface area (Å²) in [7, 11) is -3.41. The Labute approximate surface area is 164 Å². The minimum absolute atomic E-state index is 0.0376. The molecule has 0 atom stereocenters. The minimum Gasteiger partial charge on any atom is -0.483 e. The molecule has 1 amide bonds. The van der Waals surface area contributed by atoms with Crippen LogP contribution in [-0.2, 0) is 14.8 Å². The van der Waals surface area contributed by atoms with Crippen LogP contribution in [0, 0.1) is 13.8 Å². The Morgan fingerprint density at radius 1 is 1.07 bits per heavy atom. The van der Waals surface area contributed by atoms with Crippen molar-refractivity contribution in [3.8, 4) is 5.75 Å². The zero-order chi connectivity index (χ0) is 20.0. The van der Waals surface area contributed by atoms with E-state index in [4.69, 9.17) is 16.3 Å². The second-order valence-electron chi connectivity index (χ2n) is 6.10. The standard InChI is InChI=1S/C19H23ClN2O4S/c1-4-11-27(24,25)22-17-9-6-8-16(14(17)3)21-19(23)12-26-18-10-5-7-15(20)13(18)2/h5-10,22H,4,11-12H2,1-3H3,(H,21,23). The van der Waals surface area contributed by atoms with Crippen molar-refractivity contribution in [1.29, 1.82) is 0 Å². The zero-order valence-electron chi connectivity index (χ0n) is 15.5. The fraction of sp³-hybridized carbons (Fsp3) is 0.316. The van der Waals surface area contributed by atoms with E-state index >= 15 is 0 Å². The molecule has 0 radical (unpaired) electrons. The average Bonchev–Trinajstić information content (AvgIpc) is 2.59. The normalized spacial score (nSPS) is 11.1. The molecule has 0 saturated carbocycles. The van der Waals surface area contributed by atoms with Crippen LogP contribution in [-0.4, -0.2) is 26.7 Å². The molecule has 27 heavy (non-hydrogen) atoms. The fourth-order valence-corrected chi connectivity index (χ4v) is 3.80. The van der Waals surface area contributed by atoms with E-state index in [9.17, 15) is 13.2 Å². The van der Waals surface area contributed by atoms with Crippen molar-refractivity contribution in [2.75, 3.05) is 22.4 Å². The van der Waals surface area contributed by atoms with Crippen LogP contribution in [0.3, 0.4) is 0 Å². The largest absolute Gasteiger partial charge is 0.483 e. The summed E-state index contributed by atoms with van der Waals surface area (Å²) in [5.41, 5.74) is 2.34. The lowest BCUT2D eigenvalue weighted by Gasteiger charge is -2.15. The molecule has 2 aromatic rings. The number of hydrogen-bond acceptors (Lipinski definition) is 4. The lowest BCUT2D eigenvalue weighted by molar-refractivity contribution is -0.118. The number of ether oxygens (including phenoxy) is 1. The Bertz CT molecular complexity index is 929. The third-order valence-corrected chi connectivity index (χ3v) is 5.81. The molecular formula is C19H23ClN2O4S. The number of anilines is 2. The summed E-state index contributed by atoms with van der Waals surface area (Å²) < 4.78 is 32.0. The molecule has 2 aromatic carbocycles. The molecule has 0 aliphatic heterocycles. The van der Waals surface area contributed by atoms with E-state index in [0.717, 1.165) is 5.56 Å². The highest BCUT2D eigenvalue weighted by atomic mass is 35.5. The molecule has 0 fully saturated rings. The Kier molecular flexibility index (Phi) is 7.10. The summed E-state index contributed by atoms with van der Waals surface area (Å²) in [6.07, 6.45) is 0.519. The lowest BCUT2D eigenvalue weighted by atomic mass is 10.1. The maximum absolute atomic E-state index is 12.2. The Hall–Kier alpha value is -2.25. The summed E-state index contributed by atoms with van der Waals surface area (Å²) in [5, 5.41) is 3.31. The van der Waals surface area contributed by atoms with E-state index in [1.54, 1.807) is 50.2 Å². The second kappa shape index (κ2) is 9.10. The highest BCUT2D eigenvalue weighted by Crippen LogP contribution is 2.26. The number of benzene rings is 2. The summed E-state index contributed by atoms with van der Waals surface area (Å²) in [6.45, 7) is 5.16.